The number of rotatable bonds is 5. The number of carbonyl (C=O) groups excluding carboxylic acids is 1. The number of likely N-dealkylation sites (N-methyl/N-ethyl adjacent to an activating group) is 1. The van der Waals surface area contributed by atoms with Crippen molar-refractivity contribution < 1.29 is 4.79 Å². The van der Waals surface area contributed by atoms with Crippen LogP contribution in [0.5, 0.6) is 0 Å². The Labute approximate surface area is 108 Å². The largest absolute Gasteiger partial charge is 0.352 e. The molecule has 96 valence electrons. The molecule has 1 N–H and O–H groups in total. The van der Waals surface area contributed by atoms with Crippen LogP contribution in [0.2, 0.25) is 0 Å². The van der Waals surface area contributed by atoms with Gasteiger partial charge in [-0.25, -0.2) is 0 Å². The zero-order valence-corrected chi connectivity index (χ0v) is 11.1. The van der Waals surface area contributed by atoms with Crippen molar-refractivity contribution in [2.24, 2.45) is 0 Å². The maximum absolute atomic E-state index is 11.8. The van der Waals surface area contributed by atoms with Gasteiger partial charge in [0.05, 0.1) is 18.1 Å². The highest BCUT2D eigenvalue weighted by Crippen LogP contribution is 2.04. The van der Waals surface area contributed by atoms with E-state index < -0.39 is 0 Å². The summed E-state index contributed by atoms with van der Waals surface area (Å²) in [7, 11) is 3.95. The molecule has 0 aliphatic rings. The SMILES string of the molecule is CC(CN(C)C)NC(=O)Cc1ccc(C#N)cc1. The molecular formula is C14H19N3O. The number of nitrogens with one attached hydrogen (secondary N) is 1. The molecule has 0 saturated carbocycles. The number of hydrogen-bond acceptors (Lipinski definition) is 3. The maximum atomic E-state index is 11.8. The Kier molecular flexibility index (Phi) is 5.34. The van der Waals surface area contributed by atoms with Crippen molar-refractivity contribution in [2.45, 2.75) is 19.4 Å². The van der Waals surface area contributed by atoms with E-state index in [0.717, 1.165) is 12.1 Å². The first kappa shape index (κ1) is 14.2. The Morgan fingerprint density at radius 3 is 2.50 bits per heavy atom. The molecule has 1 aromatic rings. The summed E-state index contributed by atoms with van der Waals surface area (Å²) in [6, 6.07) is 9.27. The summed E-state index contributed by atoms with van der Waals surface area (Å²) in [5.41, 5.74) is 1.53. The van der Waals surface area contributed by atoms with Crippen molar-refractivity contribution in [3.63, 3.8) is 0 Å². The molecule has 1 aromatic carbocycles. The third-order valence-electron chi connectivity index (χ3n) is 2.49. The van der Waals surface area contributed by atoms with E-state index in [9.17, 15) is 4.79 Å². The minimum atomic E-state index is 0.00839. The molecule has 0 heterocycles. The first-order valence-corrected chi connectivity index (χ1v) is 5.94. The summed E-state index contributed by atoms with van der Waals surface area (Å²) in [6.07, 6.45) is 0.351. The molecule has 18 heavy (non-hydrogen) atoms. The smallest absolute Gasteiger partial charge is 0.224 e. The van der Waals surface area contributed by atoms with Gasteiger partial charge in [0.15, 0.2) is 0 Å². The van der Waals surface area contributed by atoms with Crippen LogP contribution in [0.3, 0.4) is 0 Å². The molecule has 1 amide bonds. The minimum absolute atomic E-state index is 0.00839. The van der Waals surface area contributed by atoms with Gasteiger partial charge >= 0.3 is 0 Å². The van der Waals surface area contributed by atoms with E-state index in [2.05, 4.69) is 11.4 Å². The molecule has 4 heteroatoms. The lowest BCUT2D eigenvalue weighted by Gasteiger charge is -2.18. The van der Waals surface area contributed by atoms with Gasteiger partial charge in [-0.3, -0.25) is 4.79 Å². The number of benzene rings is 1. The van der Waals surface area contributed by atoms with Crippen LogP contribution in [0.1, 0.15) is 18.1 Å². The highest BCUT2D eigenvalue weighted by molar-refractivity contribution is 5.78. The molecule has 4 nitrogen and oxygen atoms in total. The average molecular weight is 245 g/mol. The second-order valence-corrected chi connectivity index (χ2v) is 4.72. The Balaban J connectivity index is 2.46. The minimum Gasteiger partial charge on any atom is -0.352 e. The Morgan fingerprint density at radius 2 is 2.00 bits per heavy atom. The van der Waals surface area contributed by atoms with Crippen molar-refractivity contribution in [1.82, 2.24) is 10.2 Å². The van der Waals surface area contributed by atoms with E-state index in [1.54, 1.807) is 12.1 Å². The van der Waals surface area contributed by atoms with Crippen molar-refractivity contribution in [3.8, 4) is 6.07 Å². The summed E-state index contributed by atoms with van der Waals surface area (Å²) in [5.74, 6) is 0.00839. The Morgan fingerprint density at radius 1 is 1.39 bits per heavy atom. The monoisotopic (exact) mass is 245 g/mol. The molecule has 0 bridgehead atoms. The van der Waals surface area contributed by atoms with E-state index in [-0.39, 0.29) is 11.9 Å². The predicted octanol–water partition coefficient (Wildman–Crippen LogP) is 1.17. The fraction of sp³-hybridized carbons (Fsp3) is 0.429. The van der Waals surface area contributed by atoms with Crippen LogP contribution in [0.25, 0.3) is 0 Å². The average Bonchev–Trinajstić information content (AvgIpc) is 2.28. The number of nitrogens with zero attached hydrogens (tertiary/aromatic N) is 2. The van der Waals surface area contributed by atoms with Crippen molar-refractivity contribution in [2.75, 3.05) is 20.6 Å². The summed E-state index contributed by atoms with van der Waals surface area (Å²) >= 11 is 0. The molecule has 1 unspecified atom stereocenters. The van der Waals surface area contributed by atoms with Crippen molar-refractivity contribution in [1.29, 1.82) is 5.26 Å². The van der Waals surface area contributed by atoms with E-state index in [1.807, 2.05) is 38.1 Å². The second kappa shape index (κ2) is 6.77. The van der Waals surface area contributed by atoms with Gasteiger partial charge in [-0.15, -0.1) is 0 Å². The molecule has 0 fully saturated rings. The predicted molar refractivity (Wildman–Crippen MR) is 71.0 cm³/mol. The lowest BCUT2D eigenvalue weighted by molar-refractivity contribution is -0.121. The van der Waals surface area contributed by atoms with Gasteiger partial charge in [-0.2, -0.15) is 5.26 Å². The Hall–Kier alpha value is -1.86. The molecule has 1 atom stereocenters. The molecule has 0 aromatic heterocycles. The van der Waals surface area contributed by atoms with E-state index >= 15 is 0 Å². The summed E-state index contributed by atoms with van der Waals surface area (Å²) in [6.45, 7) is 2.80. The van der Waals surface area contributed by atoms with Crippen LogP contribution in [-0.4, -0.2) is 37.5 Å². The van der Waals surface area contributed by atoms with Gasteiger partial charge in [0, 0.05) is 12.6 Å². The third-order valence-corrected chi connectivity index (χ3v) is 2.49. The zero-order chi connectivity index (χ0) is 13.5. The Bertz CT molecular complexity index is 431. The summed E-state index contributed by atoms with van der Waals surface area (Å²) < 4.78 is 0. The van der Waals surface area contributed by atoms with E-state index in [0.29, 0.717) is 12.0 Å². The van der Waals surface area contributed by atoms with Gasteiger partial charge in [0.2, 0.25) is 5.91 Å². The quantitative estimate of drug-likeness (QED) is 0.847. The standard InChI is InChI=1S/C14H19N3O/c1-11(10-17(2)3)16-14(18)8-12-4-6-13(9-15)7-5-12/h4-7,11H,8,10H2,1-3H3,(H,16,18). The molecule has 0 aliphatic carbocycles. The maximum Gasteiger partial charge on any atom is 0.224 e. The van der Waals surface area contributed by atoms with Crippen LogP contribution < -0.4 is 5.32 Å². The molecule has 0 radical (unpaired) electrons. The van der Waals surface area contributed by atoms with Crippen molar-refractivity contribution >= 4 is 5.91 Å². The normalized spacial score (nSPS) is 11.9. The fourth-order valence-electron chi connectivity index (χ4n) is 1.80. The molecule has 1 rings (SSSR count). The van der Waals surface area contributed by atoms with Gasteiger partial charge < -0.3 is 10.2 Å². The summed E-state index contributed by atoms with van der Waals surface area (Å²) in [4.78, 5) is 13.8. The fourth-order valence-corrected chi connectivity index (χ4v) is 1.80. The third kappa shape index (κ3) is 4.98. The second-order valence-electron chi connectivity index (χ2n) is 4.72. The van der Waals surface area contributed by atoms with Crippen LogP contribution in [0.15, 0.2) is 24.3 Å². The molecule has 0 spiro atoms. The van der Waals surface area contributed by atoms with Gasteiger partial charge in [-0.05, 0) is 38.7 Å². The lowest BCUT2D eigenvalue weighted by atomic mass is 10.1. The van der Waals surface area contributed by atoms with Crippen LogP contribution in [-0.2, 0) is 11.2 Å². The zero-order valence-electron chi connectivity index (χ0n) is 11.1. The highest BCUT2D eigenvalue weighted by atomic mass is 16.1. The van der Waals surface area contributed by atoms with Gasteiger partial charge in [-0.1, -0.05) is 12.1 Å². The molecular weight excluding hydrogens is 226 g/mol. The van der Waals surface area contributed by atoms with Gasteiger partial charge in [0.1, 0.15) is 0 Å². The number of nitriles is 1. The first-order valence-electron chi connectivity index (χ1n) is 5.94. The van der Waals surface area contributed by atoms with E-state index in [1.165, 1.54) is 0 Å². The van der Waals surface area contributed by atoms with Crippen LogP contribution in [0.4, 0.5) is 0 Å². The summed E-state index contributed by atoms with van der Waals surface area (Å²) in [5, 5.41) is 11.6. The topological polar surface area (TPSA) is 56.1 Å². The number of hydrogen-bond donors (Lipinski definition) is 1. The van der Waals surface area contributed by atoms with Crippen molar-refractivity contribution in [3.05, 3.63) is 35.4 Å². The number of carbonyl (C=O) groups is 1. The van der Waals surface area contributed by atoms with Crippen LogP contribution >= 0.6 is 0 Å². The molecule has 0 aliphatic heterocycles. The highest BCUT2D eigenvalue weighted by Gasteiger charge is 2.08. The number of amides is 1. The van der Waals surface area contributed by atoms with E-state index in [4.69, 9.17) is 5.26 Å². The van der Waals surface area contributed by atoms with Crippen LogP contribution in [0, 0.1) is 11.3 Å². The lowest BCUT2D eigenvalue weighted by Crippen LogP contribution is -2.40. The van der Waals surface area contributed by atoms with Gasteiger partial charge in [0.25, 0.3) is 0 Å². The molecule has 0 saturated heterocycles. The first-order chi connectivity index (χ1) is 8.51.